The van der Waals surface area contributed by atoms with Crippen LogP contribution in [0.15, 0.2) is 18.3 Å². The maximum absolute atomic E-state index is 5.56. The molecule has 0 unspecified atom stereocenters. The van der Waals surface area contributed by atoms with E-state index in [2.05, 4.69) is 4.98 Å². The molecule has 4 nitrogen and oxygen atoms in total. The molecule has 0 atom stereocenters. The molecule has 1 saturated heterocycles. The van der Waals surface area contributed by atoms with Gasteiger partial charge in [0.25, 0.3) is 0 Å². The summed E-state index contributed by atoms with van der Waals surface area (Å²) in [6.07, 6.45) is 1.91. The third-order valence-electron chi connectivity index (χ3n) is 2.17. The molecule has 1 fully saturated rings. The lowest BCUT2D eigenvalue weighted by atomic mass is 10.2. The van der Waals surface area contributed by atoms with Crippen LogP contribution in [0.5, 0.6) is 0 Å². The highest BCUT2D eigenvalue weighted by Crippen LogP contribution is 2.10. The van der Waals surface area contributed by atoms with Gasteiger partial charge in [0, 0.05) is 6.20 Å². The summed E-state index contributed by atoms with van der Waals surface area (Å²) in [6.45, 7) is 1.92. The van der Waals surface area contributed by atoms with Crippen LogP contribution in [0.4, 0.5) is 0 Å². The Morgan fingerprint density at radius 1 is 1.67 bits per heavy atom. The van der Waals surface area contributed by atoms with Crippen LogP contribution in [0.3, 0.4) is 0 Å². The van der Waals surface area contributed by atoms with Crippen molar-refractivity contribution in [2.45, 2.75) is 12.7 Å². The molecule has 2 rings (SSSR count). The lowest BCUT2D eigenvalue weighted by Gasteiger charge is -2.25. The van der Waals surface area contributed by atoms with Crippen molar-refractivity contribution in [3.8, 4) is 0 Å². The molecule has 1 aromatic heterocycles. The van der Waals surface area contributed by atoms with Crippen molar-refractivity contribution in [1.82, 2.24) is 4.98 Å². The first-order valence-electron chi connectivity index (χ1n) is 4.70. The number of ether oxygens (including phenoxy) is 2. The molecular formula is C10H12N2O2S. The summed E-state index contributed by atoms with van der Waals surface area (Å²) in [5, 5.41) is 0. The van der Waals surface area contributed by atoms with E-state index in [1.165, 1.54) is 0 Å². The summed E-state index contributed by atoms with van der Waals surface area (Å²) in [5.41, 5.74) is 7.15. The molecule has 0 amide bonds. The topological polar surface area (TPSA) is 57.4 Å². The van der Waals surface area contributed by atoms with E-state index in [1.54, 1.807) is 6.20 Å². The molecule has 0 saturated carbocycles. The second-order valence-corrected chi connectivity index (χ2v) is 3.82. The molecule has 2 heterocycles. The fraction of sp³-hybridized carbons (Fsp3) is 0.400. The van der Waals surface area contributed by atoms with Crippen molar-refractivity contribution in [3.05, 3.63) is 29.6 Å². The number of thiocarbonyl (C=S) groups is 1. The average Bonchev–Trinajstić information content (AvgIpc) is 2.16. The average molecular weight is 224 g/mol. The van der Waals surface area contributed by atoms with E-state index in [0.717, 1.165) is 5.56 Å². The van der Waals surface area contributed by atoms with E-state index >= 15 is 0 Å². The van der Waals surface area contributed by atoms with Crippen LogP contribution in [-0.4, -0.2) is 29.3 Å². The van der Waals surface area contributed by atoms with Gasteiger partial charge in [-0.05, 0) is 17.7 Å². The predicted molar refractivity (Wildman–Crippen MR) is 59.5 cm³/mol. The van der Waals surface area contributed by atoms with Crippen LogP contribution in [0.25, 0.3) is 0 Å². The van der Waals surface area contributed by atoms with Crippen molar-refractivity contribution in [2.24, 2.45) is 5.73 Å². The van der Waals surface area contributed by atoms with Crippen molar-refractivity contribution in [1.29, 1.82) is 0 Å². The van der Waals surface area contributed by atoms with E-state index in [9.17, 15) is 0 Å². The smallest absolute Gasteiger partial charge is 0.122 e. The third-order valence-corrected chi connectivity index (χ3v) is 2.38. The number of pyridine rings is 1. The molecule has 1 aliphatic heterocycles. The van der Waals surface area contributed by atoms with E-state index in [0.29, 0.717) is 30.5 Å². The lowest BCUT2D eigenvalue weighted by Crippen LogP contribution is -2.35. The van der Waals surface area contributed by atoms with Gasteiger partial charge in [-0.3, -0.25) is 4.98 Å². The number of hydrogen-bond donors (Lipinski definition) is 1. The van der Waals surface area contributed by atoms with Crippen LogP contribution >= 0.6 is 12.2 Å². The van der Waals surface area contributed by atoms with Gasteiger partial charge in [0.05, 0.1) is 25.5 Å². The molecule has 0 aromatic carbocycles. The van der Waals surface area contributed by atoms with E-state index in [1.807, 2.05) is 12.1 Å². The molecular weight excluding hydrogens is 212 g/mol. The van der Waals surface area contributed by atoms with Gasteiger partial charge < -0.3 is 15.2 Å². The molecule has 0 bridgehead atoms. The van der Waals surface area contributed by atoms with Gasteiger partial charge >= 0.3 is 0 Å². The van der Waals surface area contributed by atoms with Crippen LogP contribution < -0.4 is 5.73 Å². The minimum atomic E-state index is 0.228. The molecule has 2 N–H and O–H groups in total. The number of nitrogens with two attached hydrogens (primary N) is 1. The fourth-order valence-corrected chi connectivity index (χ4v) is 1.33. The second-order valence-electron chi connectivity index (χ2n) is 3.38. The summed E-state index contributed by atoms with van der Waals surface area (Å²) >= 11 is 4.85. The van der Waals surface area contributed by atoms with E-state index in [-0.39, 0.29) is 6.10 Å². The molecule has 0 spiro atoms. The maximum atomic E-state index is 5.56. The zero-order chi connectivity index (χ0) is 10.7. The SMILES string of the molecule is NC(=S)c1cc(COC2COC2)ccn1. The predicted octanol–water partition coefficient (Wildman–Crippen LogP) is 0.631. The van der Waals surface area contributed by atoms with Gasteiger partial charge in [-0.2, -0.15) is 0 Å². The van der Waals surface area contributed by atoms with Crippen LogP contribution in [0.2, 0.25) is 0 Å². The molecule has 15 heavy (non-hydrogen) atoms. The Balaban J connectivity index is 1.94. The van der Waals surface area contributed by atoms with Crippen molar-refractivity contribution in [2.75, 3.05) is 13.2 Å². The Hall–Kier alpha value is -1.04. The number of nitrogens with zero attached hydrogens (tertiary/aromatic N) is 1. The normalized spacial score (nSPS) is 16.0. The monoisotopic (exact) mass is 224 g/mol. The fourth-order valence-electron chi connectivity index (χ4n) is 1.22. The van der Waals surface area contributed by atoms with E-state index < -0.39 is 0 Å². The van der Waals surface area contributed by atoms with Crippen molar-refractivity contribution in [3.63, 3.8) is 0 Å². The first-order valence-corrected chi connectivity index (χ1v) is 5.10. The number of rotatable bonds is 4. The number of aromatic nitrogens is 1. The minimum Gasteiger partial charge on any atom is -0.388 e. The van der Waals surface area contributed by atoms with Gasteiger partial charge in [0.2, 0.25) is 0 Å². The lowest BCUT2D eigenvalue weighted by molar-refractivity contribution is -0.135. The summed E-state index contributed by atoms with van der Waals surface area (Å²) in [6, 6.07) is 3.74. The Morgan fingerprint density at radius 3 is 3.07 bits per heavy atom. The first-order chi connectivity index (χ1) is 7.25. The Kier molecular flexibility index (Phi) is 3.25. The van der Waals surface area contributed by atoms with Gasteiger partial charge in [0.15, 0.2) is 0 Å². The molecule has 0 aliphatic carbocycles. The molecule has 0 radical (unpaired) electrons. The van der Waals surface area contributed by atoms with Gasteiger partial charge in [0.1, 0.15) is 11.1 Å². The largest absolute Gasteiger partial charge is 0.388 e. The Bertz CT molecular complexity index is 366. The second kappa shape index (κ2) is 4.65. The summed E-state index contributed by atoms with van der Waals surface area (Å²) < 4.78 is 10.6. The maximum Gasteiger partial charge on any atom is 0.122 e. The zero-order valence-corrected chi connectivity index (χ0v) is 9.00. The van der Waals surface area contributed by atoms with Crippen LogP contribution in [-0.2, 0) is 16.1 Å². The van der Waals surface area contributed by atoms with Gasteiger partial charge in [-0.15, -0.1) is 0 Å². The third kappa shape index (κ3) is 2.71. The number of hydrogen-bond acceptors (Lipinski definition) is 4. The molecule has 1 aliphatic rings. The highest BCUT2D eigenvalue weighted by molar-refractivity contribution is 7.80. The Labute approximate surface area is 93.4 Å². The van der Waals surface area contributed by atoms with Crippen LogP contribution in [0, 0.1) is 0 Å². The van der Waals surface area contributed by atoms with Crippen molar-refractivity contribution < 1.29 is 9.47 Å². The molecule has 1 aromatic rings. The van der Waals surface area contributed by atoms with Gasteiger partial charge in [-0.25, -0.2) is 0 Å². The minimum absolute atomic E-state index is 0.228. The van der Waals surface area contributed by atoms with Crippen molar-refractivity contribution >= 4 is 17.2 Å². The summed E-state index contributed by atoms with van der Waals surface area (Å²) in [5.74, 6) is 0. The van der Waals surface area contributed by atoms with Crippen LogP contribution in [0.1, 0.15) is 11.3 Å². The summed E-state index contributed by atoms with van der Waals surface area (Å²) in [4.78, 5) is 4.36. The molecule has 5 heteroatoms. The zero-order valence-electron chi connectivity index (χ0n) is 8.18. The highest BCUT2D eigenvalue weighted by Gasteiger charge is 2.18. The quantitative estimate of drug-likeness (QED) is 0.760. The van der Waals surface area contributed by atoms with Gasteiger partial charge in [-0.1, -0.05) is 12.2 Å². The van der Waals surface area contributed by atoms with E-state index in [4.69, 9.17) is 27.4 Å². The molecule has 80 valence electrons. The Morgan fingerprint density at radius 2 is 2.47 bits per heavy atom. The standard InChI is InChI=1S/C10H12N2O2S/c11-10(15)9-3-7(1-2-12-9)4-14-8-5-13-6-8/h1-3,8H,4-6H2,(H2,11,15). The summed E-state index contributed by atoms with van der Waals surface area (Å²) in [7, 11) is 0. The highest BCUT2D eigenvalue weighted by atomic mass is 32.1. The first kappa shape index (κ1) is 10.5.